The molecule has 0 spiro atoms. The molecule has 2 aliphatic rings. The maximum atomic E-state index is 14.8. The molecule has 1 heterocycles. The molecule has 0 bridgehead atoms. The molecule has 27 heavy (non-hydrogen) atoms. The van der Waals surface area contributed by atoms with Gasteiger partial charge in [-0.1, -0.05) is 30.3 Å². The summed E-state index contributed by atoms with van der Waals surface area (Å²) >= 11 is 0. The average Bonchev–Trinajstić information content (AvgIpc) is 3.10. The van der Waals surface area contributed by atoms with Crippen LogP contribution in [0.2, 0.25) is 0 Å². The fraction of sp³-hybridized carbons (Fsp3) is 0.478. The summed E-state index contributed by atoms with van der Waals surface area (Å²) in [6.07, 6.45) is 2.38. The van der Waals surface area contributed by atoms with Gasteiger partial charge >= 0.3 is 0 Å². The van der Waals surface area contributed by atoms with Crippen molar-refractivity contribution in [3.05, 3.63) is 70.0 Å². The Bertz CT molecular complexity index is 820. The van der Waals surface area contributed by atoms with Crippen molar-refractivity contribution in [1.29, 1.82) is 0 Å². The SMILES string of the molecule is Cc1ccccc1C1CCN(CC2CCCc3cc(C(O)O)cc(F)c32)C1. The monoisotopic (exact) mass is 369 g/mol. The number of likely N-dealkylation sites (tertiary alicyclic amines) is 1. The number of aliphatic hydroxyl groups is 2. The molecule has 2 aromatic carbocycles. The number of hydrogen-bond acceptors (Lipinski definition) is 3. The van der Waals surface area contributed by atoms with Crippen molar-refractivity contribution in [1.82, 2.24) is 4.90 Å². The number of halogens is 1. The van der Waals surface area contributed by atoms with Gasteiger partial charge in [-0.3, -0.25) is 0 Å². The summed E-state index contributed by atoms with van der Waals surface area (Å²) in [7, 11) is 0. The smallest absolute Gasteiger partial charge is 0.178 e. The van der Waals surface area contributed by atoms with Gasteiger partial charge in [0, 0.05) is 18.7 Å². The Hall–Kier alpha value is -1.75. The van der Waals surface area contributed by atoms with Gasteiger partial charge in [-0.25, -0.2) is 4.39 Å². The highest BCUT2D eigenvalue weighted by atomic mass is 19.1. The van der Waals surface area contributed by atoms with Crippen LogP contribution in [0.1, 0.15) is 65.2 Å². The van der Waals surface area contributed by atoms with E-state index in [2.05, 4.69) is 36.1 Å². The van der Waals surface area contributed by atoms with E-state index < -0.39 is 6.29 Å². The van der Waals surface area contributed by atoms with E-state index in [1.54, 1.807) is 6.07 Å². The van der Waals surface area contributed by atoms with Crippen molar-refractivity contribution in [2.24, 2.45) is 0 Å². The van der Waals surface area contributed by atoms with Gasteiger partial charge in [-0.2, -0.15) is 0 Å². The summed E-state index contributed by atoms with van der Waals surface area (Å²) in [5.74, 6) is 0.468. The zero-order valence-corrected chi connectivity index (χ0v) is 15.9. The zero-order valence-electron chi connectivity index (χ0n) is 15.9. The van der Waals surface area contributed by atoms with E-state index in [4.69, 9.17) is 0 Å². The standard InChI is InChI=1S/C23H28FNO2/c1-15-5-2-3-8-20(15)17-9-10-25(13-17)14-18-7-4-6-16-11-19(23(26)27)12-21(24)22(16)18/h2-3,5,8,11-12,17-18,23,26-27H,4,6-7,9-10,13-14H2,1H3. The molecule has 0 saturated carbocycles. The van der Waals surface area contributed by atoms with E-state index in [1.807, 2.05) is 0 Å². The topological polar surface area (TPSA) is 43.7 Å². The van der Waals surface area contributed by atoms with E-state index >= 15 is 0 Å². The molecule has 0 amide bonds. The Morgan fingerprint density at radius 1 is 1.19 bits per heavy atom. The van der Waals surface area contributed by atoms with E-state index in [9.17, 15) is 14.6 Å². The van der Waals surface area contributed by atoms with Gasteiger partial charge in [0.15, 0.2) is 6.29 Å². The summed E-state index contributed by atoms with van der Waals surface area (Å²) in [5.41, 5.74) is 4.80. The lowest BCUT2D eigenvalue weighted by atomic mass is 9.81. The molecule has 2 unspecified atom stereocenters. The van der Waals surface area contributed by atoms with E-state index in [0.29, 0.717) is 5.92 Å². The number of nitrogens with zero attached hydrogens (tertiary/aromatic N) is 1. The first kappa shape index (κ1) is 18.6. The van der Waals surface area contributed by atoms with Crippen molar-refractivity contribution in [2.45, 2.75) is 50.7 Å². The molecule has 2 aromatic rings. The van der Waals surface area contributed by atoms with Gasteiger partial charge in [-0.15, -0.1) is 0 Å². The molecular formula is C23H28FNO2. The van der Waals surface area contributed by atoms with Crippen LogP contribution in [0.25, 0.3) is 0 Å². The highest BCUT2D eigenvalue weighted by molar-refractivity contribution is 5.38. The van der Waals surface area contributed by atoms with Crippen LogP contribution in [0.15, 0.2) is 36.4 Å². The normalized spacial score (nSPS) is 23.0. The van der Waals surface area contributed by atoms with Gasteiger partial charge in [0.25, 0.3) is 0 Å². The highest BCUT2D eigenvalue weighted by Crippen LogP contribution is 2.37. The molecule has 3 nitrogen and oxygen atoms in total. The summed E-state index contributed by atoms with van der Waals surface area (Å²) in [4.78, 5) is 2.48. The second kappa shape index (κ2) is 7.70. The minimum absolute atomic E-state index is 0.189. The van der Waals surface area contributed by atoms with Gasteiger partial charge in [-0.05, 0) is 79.3 Å². The van der Waals surface area contributed by atoms with Crippen LogP contribution in [0.3, 0.4) is 0 Å². The molecule has 1 saturated heterocycles. The zero-order chi connectivity index (χ0) is 19.0. The van der Waals surface area contributed by atoms with Crippen molar-refractivity contribution < 1.29 is 14.6 Å². The Balaban J connectivity index is 1.50. The largest absolute Gasteiger partial charge is 0.364 e. The number of rotatable bonds is 4. The predicted octanol–water partition coefficient (Wildman–Crippen LogP) is 4.03. The first-order valence-corrected chi connectivity index (χ1v) is 9.99. The van der Waals surface area contributed by atoms with E-state index in [-0.39, 0.29) is 17.3 Å². The van der Waals surface area contributed by atoms with Crippen molar-refractivity contribution in [3.63, 3.8) is 0 Å². The summed E-state index contributed by atoms with van der Waals surface area (Å²) < 4.78 is 14.8. The molecule has 1 aliphatic heterocycles. The molecule has 4 heteroatoms. The Morgan fingerprint density at radius 3 is 2.78 bits per heavy atom. The Kier molecular flexibility index (Phi) is 5.31. The van der Waals surface area contributed by atoms with E-state index in [0.717, 1.165) is 56.4 Å². The van der Waals surface area contributed by atoms with E-state index in [1.165, 1.54) is 17.2 Å². The number of benzene rings is 2. The van der Waals surface area contributed by atoms with Crippen molar-refractivity contribution in [3.8, 4) is 0 Å². The molecule has 0 radical (unpaired) electrons. The third kappa shape index (κ3) is 3.79. The summed E-state index contributed by atoms with van der Waals surface area (Å²) in [6.45, 7) is 5.15. The number of hydrogen-bond donors (Lipinski definition) is 2. The van der Waals surface area contributed by atoms with Gasteiger partial charge in [0.1, 0.15) is 5.82 Å². The van der Waals surface area contributed by atoms with Crippen LogP contribution < -0.4 is 0 Å². The Morgan fingerprint density at radius 2 is 2.00 bits per heavy atom. The number of aliphatic hydroxyl groups excluding tert-OH is 1. The van der Waals surface area contributed by atoms with Crippen LogP contribution >= 0.6 is 0 Å². The molecule has 0 aromatic heterocycles. The lowest BCUT2D eigenvalue weighted by Crippen LogP contribution is -2.29. The summed E-state index contributed by atoms with van der Waals surface area (Å²) in [5, 5.41) is 18.8. The van der Waals surface area contributed by atoms with Crippen LogP contribution in [-0.2, 0) is 6.42 Å². The lowest BCUT2D eigenvalue weighted by Gasteiger charge is -2.30. The average molecular weight is 369 g/mol. The number of fused-ring (bicyclic) bond motifs is 1. The van der Waals surface area contributed by atoms with Gasteiger partial charge in [0.2, 0.25) is 0 Å². The maximum Gasteiger partial charge on any atom is 0.178 e. The fourth-order valence-electron chi connectivity index (χ4n) is 4.99. The maximum absolute atomic E-state index is 14.8. The van der Waals surface area contributed by atoms with Gasteiger partial charge in [0.05, 0.1) is 0 Å². The number of aryl methyl sites for hydroxylation is 2. The lowest BCUT2D eigenvalue weighted by molar-refractivity contribution is -0.0427. The van der Waals surface area contributed by atoms with Crippen LogP contribution in [-0.4, -0.2) is 34.7 Å². The third-order valence-electron chi connectivity index (χ3n) is 6.32. The molecular weight excluding hydrogens is 341 g/mol. The summed E-state index contributed by atoms with van der Waals surface area (Å²) in [6, 6.07) is 11.7. The molecule has 4 rings (SSSR count). The molecule has 2 atom stereocenters. The van der Waals surface area contributed by atoms with Gasteiger partial charge < -0.3 is 15.1 Å². The van der Waals surface area contributed by atoms with Crippen molar-refractivity contribution >= 4 is 0 Å². The molecule has 144 valence electrons. The predicted molar refractivity (Wildman–Crippen MR) is 104 cm³/mol. The first-order valence-electron chi connectivity index (χ1n) is 9.99. The third-order valence-corrected chi connectivity index (χ3v) is 6.32. The van der Waals surface area contributed by atoms with Crippen molar-refractivity contribution in [2.75, 3.05) is 19.6 Å². The quantitative estimate of drug-likeness (QED) is 0.800. The second-order valence-corrected chi connectivity index (χ2v) is 8.14. The fourth-order valence-corrected chi connectivity index (χ4v) is 4.99. The minimum atomic E-state index is -1.61. The van der Waals surface area contributed by atoms with Crippen LogP contribution in [0.5, 0.6) is 0 Å². The minimum Gasteiger partial charge on any atom is -0.364 e. The van der Waals surface area contributed by atoms with Crippen LogP contribution in [0, 0.1) is 12.7 Å². The molecule has 2 N–H and O–H groups in total. The Labute approximate surface area is 160 Å². The molecule has 1 fully saturated rings. The first-order chi connectivity index (χ1) is 13.0. The van der Waals surface area contributed by atoms with Crippen LogP contribution in [0.4, 0.5) is 4.39 Å². The molecule has 1 aliphatic carbocycles. The highest BCUT2D eigenvalue weighted by Gasteiger charge is 2.30. The second-order valence-electron chi connectivity index (χ2n) is 8.14.